The molecule has 1 fully saturated rings. The van der Waals surface area contributed by atoms with Crippen molar-refractivity contribution < 1.29 is 24.1 Å². The molecule has 0 aliphatic carbocycles. The van der Waals surface area contributed by atoms with Crippen LogP contribution in [0.3, 0.4) is 0 Å². The van der Waals surface area contributed by atoms with Crippen LogP contribution in [0.15, 0.2) is 60.7 Å². The Bertz CT molecular complexity index is 1710. The fourth-order valence-electron chi connectivity index (χ4n) is 5.78. The van der Waals surface area contributed by atoms with Gasteiger partial charge in [0.1, 0.15) is 5.75 Å². The molecule has 8 heteroatoms. The number of nitrogens with one attached hydrogen (secondary N) is 1. The van der Waals surface area contributed by atoms with E-state index in [0.29, 0.717) is 19.4 Å². The molecule has 6 rings (SSSR count). The molecule has 2 aromatic heterocycles. The van der Waals surface area contributed by atoms with Crippen LogP contribution < -0.4 is 9.47 Å². The Hall–Kier alpha value is -4.30. The maximum Gasteiger partial charge on any atom is 0.512 e. The maximum absolute atomic E-state index is 11.6. The van der Waals surface area contributed by atoms with Gasteiger partial charge in [-0.25, -0.2) is 4.79 Å². The minimum Gasteiger partial charge on any atom is -0.493 e. The Morgan fingerprint density at radius 1 is 1.07 bits per heavy atom. The van der Waals surface area contributed by atoms with Gasteiger partial charge < -0.3 is 24.3 Å². The Kier molecular flexibility index (Phi) is 6.72. The summed E-state index contributed by atoms with van der Waals surface area (Å²) in [5.41, 5.74) is 5.76. The van der Waals surface area contributed by atoms with Crippen LogP contribution in [-0.2, 0) is 17.7 Å². The van der Waals surface area contributed by atoms with Crippen molar-refractivity contribution >= 4 is 27.8 Å². The molecule has 2 N–H and O–H groups in total. The average Bonchev–Trinajstić information content (AvgIpc) is 3.40. The molecule has 1 aliphatic heterocycles. The zero-order valence-electron chi connectivity index (χ0n) is 23.0. The molecule has 206 valence electrons. The molecule has 0 saturated carbocycles. The number of aromatic amines is 1. The summed E-state index contributed by atoms with van der Waals surface area (Å²) in [4.78, 5) is 14.9. The van der Waals surface area contributed by atoms with Crippen LogP contribution in [0.5, 0.6) is 11.6 Å². The number of fused-ring (bicyclic) bond motifs is 2. The highest BCUT2D eigenvalue weighted by Gasteiger charge is 2.35. The summed E-state index contributed by atoms with van der Waals surface area (Å²) in [6.07, 6.45) is -0.0723. The second-order valence-electron chi connectivity index (χ2n) is 11.0. The lowest BCUT2D eigenvalue weighted by molar-refractivity contribution is -0.111. The molecule has 1 saturated heterocycles. The third kappa shape index (κ3) is 4.79. The largest absolute Gasteiger partial charge is 0.512 e. The van der Waals surface area contributed by atoms with Crippen LogP contribution in [0.25, 0.3) is 32.8 Å². The van der Waals surface area contributed by atoms with Gasteiger partial charge in [0.25, 0.3) is 0 Å². The smallest absolute Gasteiger partial charge is 0.493 e. The van der Waals surface area contributed by atoms with Gasteiger partial charge in [-0.2, -0.15) is 5.10 Å². The van der Waals surface area contributed by atoms with Crippen LogP contribution in [-0.4, -0.2) is 45.8 Å². The monoisotopic (exact) mass is 539 g/mol. The highest BCUT2D eigenvalue weighted by Crippen LogP contribution is 2.39. The number of para-hydroxylation sites is 1. The number of benzene rings is 3. The standard InChI is InChI=1S/C32H33N3O5/c1-20-28(21(2)35(34-20)17-32(3)18-38-19-32)26-13-7-12-24-25(30(33-29(24)26)40-31(36)37)14-8-16-39-27-15-6-10-22-9-4-5-11-23(22)27/h4-7,9-13,15,33H,8,14,16-19H2,1-3H3,(H,36,37). The molecular weight excluding hydrogens is 506 g/mol. The number of nitrogens with zero attached hydrogens (tertiary/aromatic N) is 2. The number of hydrogen-bond donors (Lipinski definition) is 2. The SMILES string of the molecule is Cc1nn(CC2(C)COC2)c(C)c1-c1cccc2c(CCCOc3cccc4ccccc34)c(OC(=O)O)[nH]c12. The second kappa shape index (κ2) is 10.4. The average molecular weight is 540 g/mol. The van der Waals surface area contributed by atoms with E-state index in [0.717, 1.165) is 75.3 Å². The van der Waals surface area contributed by atoms with Gasteiger partial charge in [-0.15, -0.1) is 0 Å². The van der Waals surface area contributed by atoms with Crippen LogP contribution in [0, 0.1) is 19.3 Å². The first kappa shape index (κ1) is 26.0. The van der Waals surface area contributed by atoms with Gasteiger partial charge in [-0.1, -0.05) is 61.5 Å². The first-order valence-corrected chi connectivity index (χ1v) is 13.6. The molecule has 0 bridgehead atoms. The van der Waals surface area contributed by atoms with Crippen molar-refractivity contribution in [2.24, 2.45) is 5.41 Å². The van der Waals surface area contributed by atoms with Crippen molar-refractivity contribution in [1.29, 1.82) is 0 Å². The molecule has 40 heavy (non-hydrogen) atoms. The second-order valence-corrected chi connectivity index (χ2v) is 11.0. The third-order valence-electron chi connectivity index (χ3n) is 7.75. The van der Waals surface area contributed by atoms with Crippen molar-refractivity contribution in [3.63, 3.8) is 0 Å². The minimum atomic E-state index is -1.35. The van der Waals surface area contributed by atoms with E-state index in [-0.39, 0.29) is 11.3 Å². The van der Waals surface area contributed by atoms with E-state index in [4.69, 9.17) is 19.3 Å². The predicted octanol–water partition coefficient (Wildman–Crippen LogP) is 6.91. The molecule has 3 aromatic carbocycles. The van der Waals surface area contributed by atoms with Gasteiger partial charge in [-0.05, 0) is 38.1 Å². The van der Waals surface area contributed by atoms with E-state index in [1.54, 1.807) is 0 Å². The number of H-pyrrole nitrogens is 1. The highest BCUT2D eigenvalue weighted by atomic mass is 16.7. The number of rotatable bonds is 9. The fourth-order valence-corrected chi connectivity index (χ4v) is 5.78. The van der Waals surface area contributed by atoms with E-state index >= 15 is 0 Å². The van der Waals surface area contributed by atoms with E-state index in [9.17, 15) is 9.90 Å². The molecular formula is C32H33N3O5. The maximum atomic E-state index is 11.6. The minimum absolute atomic E-state index is 0.0860. The molecule has 0 atom stereocenters. The lowest BCUT2D eigenvalue weighted by Gasteiger charge is -2.38. The topological polar surface area (TPSA) is 98.6 Å². The summed E-state index contributed by atoms with van der Waals surface area (Å²) in [6, 6.07) is 20.2. The first-order chi connectivity index (χ1) is 19.3. The summed E-state index contributed by atoms with van der Waals surface area (Å²) >= 11 is 0. The number of carbonyl (C=O) groups is 1. The van der Waals surface area contributed by atoms with Gasteiger partial charge in [0, 0.05) is 38.6 Å². The van der Waals surface area contributed by atoms with Crippen molar-refractivity contribution in [2.45, 2.75) is 40.2 Å². The quantitative estimate of drug-likeness (QED) is 0.156. The van der Waals surface area contributed by atoms with Crippen molar-refractivity contribution in [1.82, 2.24) is 14.8 Å². The summed E-state index contributed by atoms with van der Waals surface area (Å²) < 4.78 is 18.9. The van der Waals surface area contributed by atoms with Crippen molar-refractivity contribution in [3.05, 3.63) is 77.6 Å². The van der Waals surface area contributed by atoms with Crippen molar-refractivity contribution in [3.8, 4) is 22.8 Å². The molecule has 1 aliphatic rings. The first-order valence-electron chi connectivity index (χ1n) is 13.6. The number of aryl methyl sites for hydroxylation is 2. The Morgan fingerprint density at radius 3 is 2.60 bits per heavy atom. The lowest BCUT2D eigenvalue weighted by Crippen LogP contribution is -2.43. The number of hydrogen-bond acceptors (Lipinski definition) is 5. The van der Waals surface area contributed by atoms with Gasteiger partial charge in [-0.3, -0.25) is 4.68 Å². The lowest BCUT2D eigenvalue weighted by atomic mass is 9.88. The highest BCUT2D eigenvalue weighted by molar-refractivity contribution is 5.99. The molecule has 0 spiro atoms. The zero-order chi connectivity index (χ0) is 27.9. The van der Waals surface area contributed by atoms with E-state index in [1.165, 1.54) is 0 Å². The summed E-state index contributed by atoms with van der Waals surface area (Å²) in [6.45, 7) is 9.05. The summed E-state index contributed by atoms with van der Waals surface area (Å²) in [7, 11) is 0. The predicted molar refractivity (Wildman–Crippen MR) is 154 cm³/mol. The van der Waals surface area contributed by atoms with Crippen LogP contribution in [0.2, 0.25) is 0 Å². The molecule has 0 unspecified atom stereocenters. The number of ether oxygens (including phenoxy) is 3. The number of carboxylic acid groups (broad SMARTS) is 1. The third-order valence-corrected chi connectivity index (χ3v) is 7.75. The molecule has 0 amide bonds. The van der Waals surface area contributed by atoms with Gasteiger partial charge in [0.15, 0.2) is 0 Å². The summed E-state index contributed by atoms with van der Waals surface area (Å²) in [5, 5.41) is 17.5. The zero-order valence-corrected chi connectivity index (χ0v) is 23.0. The molecule has 3 heterocycles. The van der Waals surface area contributed by atoms with Gasteiger partial charge in [0.05, 0.1) is 37.6 Å². The Morgan fingerprint density at radius 2 is 1.82 bits per heavy atom. The van der Waals surface area contributed by atoms with E-state index < -0.39 is 6.16 Å². The van der Waals surface area contributed by atoms with Crippen LogP contribution in [0.1, 0.15) is 30.3 Å². The van der Waals surface area contributed by atoms with E-state index in [2.05, 4.69) is 41.7 Å². The van der Waals surface area contributed by atoms with Crippen LogP contribution >= 0.6 is 0 Å². The summed E-state index contributed by atoms with van der Waals surface area (Å²) in [5.74, 6) is 1.09. The molecule has 5 aromatic rings. The normalized spacial score (nSPS) is 14.4. The number of aromatic nitrogens is 3. The van der Waals surface area contributed by atoms with Gasteiger partial charge >= 0.3 is 6.16 Å². The Labute approximate surface area is 232 Å². The van der Waals surface area contributed by atoms with Crippen LogP contribution in [0.4, 0.5) is 4.79 Å². The van der Waals surface area contributed by atoms with E-state index in [1.807, 2.05) is 49.4 Å². The Balaban J connectivity index is 1.29. The molecule has 8 nitrogen and oxygen atoms in total. The van der Waals surface area contributed by atoms with Crippen molar-refractivity contribution in [2.75, 3.05) is 19.8 Å². The van der Waals surface area contributed by atoms with Gasteiger partial charge in [0.2, 0.25) is 5.88 Å². The molecule has 0 radical (unpaired) electrons. The fraction of sp³-hybridized carbons (Fsp3) is 0.312.